The lowest BCUT2D eigenvalue weighted by Crippen LogP contribution is -2.34. The van der Waals surface area contributed by atoms with E-state index in [-0.39, 0.29) is 37.7 Å². The highest BCUT2D eigenvalue weighted by Crippen LogP contribution is 2.40. The summed E-state index contributed by atoms with van der Waals surface area (Å²) in [4.78, 5) is 27.3. The molecule has 1 unspecified atom stereocenters. The van der Waals surface area contributed by atoms with Crippen molar-refractivity contribution in [2.24, 2.45) is 0 Å². The molecule has 0 bridgehead atoms. The maximum absolute atomic E-state index is 12.9. The zero-order chi connectivity index (χ0) is 19.4. The van der Waals surface area contributed by atoms with Gasteiger partial charge in [-0.15, -0.1) is 11.3 Å². The fourth-order valence-electron chi connectivity index (χ4n) is 3.03. The van der Waals surface area contributed by atoms with E-state index < -0.39 is 23.5 Å². The Morgan fingerprint density at radius 1 is 1.19 bits per heavy atom. The molecule has 1 aliphatic heterocycles. The number of ether oxygens (including phenoxy) is 1. The topological polar surface area (TPSA) is 107 Å². The van der Waals surface area contributed by atoms with Crippen LogP contribution in [0.3, 0.4) is 0 Å². The van der Waals surface area contributed by atoms with E-state index >= 15 is 0 Å². The van der Waals surface area contributed by atoms with E-state index in [1.165, 1.54) is 28.4 Å². The average molecular weight is 389 g/mol. The van der Waals surface area contributed by atoms with Crippen LogP contribution in [-0.2, 0) is 9.53 Å². The summed E-state index contributed by atoms with van der Waals surface area (Å²) in [6.45, 7) is 0.231. The van der Waals surface area contributed by atoms with Gasteiger partial charge in [0.2, 0.25) is 5.78 Å². The molecule has 27 heavy (non-hydrogen) atoms. The van der Waals surface area contributed by atoms with Gasteiger partial charge in [0.15, 0.2) is 5.76 Å². The van der Waals surface area contributed by atoms with Crippen LogP contribution in [0.4, 0.5) is 0 Å². The highest BCUT2D eigenvalue weighted by Gasteiger charge is 2.43. The third kappa shape index (κ3) is 3.87. The molecule has 1 aliphatic rings. The van der Waals surface area contributed by atoms with E-state index in [2.05, 4.69) is 0 Å². The number of benzene rings is 1. The SMILES string of the molecule is O=C(C1=C(O)C(=O)N(CCOCCO)C1c1cccc(O)c1)c1cccs1. The minimum Gasteiger partial charge on any atom is -0.508 e. The van der Waals surface area contributed by atoms with E-state index in [1.54, 1.807) is 29.6 Å². The first-order valence-electron chi connectivity index (χ1n) is 8.34. The van der Waals surface area contributed by atoms with Gasteiger partial charge in [0.05, 0.1) is 36.3 Å². The Kier molecular flexibility index (Phi) is 5.90. The van der Waals surface area contributed by atoms with Crippen molar-refractivity contribution >= 4 is 23.0 Å². The third-order valence-electron chi connectivity index (χ3n) is 4.19. The number of phenols is 1. The Hall–Kier alpha value is -2.68. The molecule has 2 aromatic rings. The van der Waals surface area contributed by atoms with E-state index in [0.29, 0.717) is 10.4 Å². The molecule has 142 valence electrons. The van der Waals surface area contributed by atoms with Crippen LogP contribution < -0.4 is 0 Å². The van der Waals surface area contributed by atoms with Gasteiger partial charge in [-0.25, -0.2) is 0 Å². The standard InChI is InChI=1S/C19H19NO6S/c21-7-9-26-8-6-20-16(12-3-1-4-13(22)11-12)15(18(24)19(20)25)17(23)14-5-2-10-27-14/h1-5,10-11,16,21-22,24H,6-9H2. The number of hydrogen-bond donors (Lipinski definition) is 3. The van der Waals surface area contributed by atoms with Crippen LogP contribution >= 0.6 is 11.3 Å². The Balaban J connectivity index is 1.98. The summed E-state index contributed by atoms with van der Waals surface area (Å²) in [6, 6.07) is 8.74. The van der Waals surface area contributed by atoms with Gasteiger partial charge in [-0.1, -0.05) is 18.2 Å². The molecule has 3 rings (SSSR count). The van der Waals surface area contributed by atoms with Crippen molar-refractivity contribution in [3.63, 3.8) is 0 Å². The number of amides is 1. The first-order valence-corrected chi connectivity index (χ1v) is 9.22. The van der Waals surface area contributed by atoms with Crippen molar-refractivity contribution < 1.29 is 29.6 Å². The predicted octanol–water partition coefficient (Wildman–Crippen LogP) is 2.04. The summed E-state index contributed by atoms with van der Waals surface area (Å²) >= 11 is 1.22. The van der Waals surface area contributed by atoms with Gasteiger partial charge in [-0.3, -0.25) is 9.59 Å². The molecular weight excluding hydrogens is 370 g/mol. The van der Waals surface area contributed by atoms with E-state index in [0.717, 1.165) is 0 Å². The highest BCUT2D eigenvalue weighted by molar-refractivity contribution is 7.12. The lowest BCUT2D eigenvalue weighted by molar-refractivity contribution is -0.130. The maximum Gasteiger partial charge on any atom is 0.290 e. The molecule has 0 saturated carbocycles. The van der Waals surface area contributed by atoms with Crippen LogP contribution in [0.15, 0.2) is 53.1 Å². The Morgan fingerprint density at radius 3 is 2.67 bits per heavy atom. The molecule has 0 fully saturated rings. The van der Waals surface area contributed by atoms with Gasteiger partial charge in [-0.2, -0.15) is 0 Å². The fraction of sp³-hybridized carbons (Fsp3) is 0.263. The molecule has 0 saturated heterocycles. The third-order valence-corrected chi connectivity index (χ3v) is 5.06. The van der Waals surface area contributed by atoms with Crippen molar-refractivity contribution in [1.82, 2.24) is 4.90 Å². The molecule has 8 heteroatoms. The van der Waals surface area contributed by atoms with Crippen LogP contribution in [0.5, 0.6) is 5.75 Å². The smallest absolute Gasteiger partial charge is 0.290 e. The largest absolute Gasteiger partial charge is 0.508 e. The normalized spacial score (nSPS) is 17.0. The molecule has 0 radical (unpaired) electrons. The summed E-state index contributed by atoms with van der Waals surface area (Å²) in [6.07, 6.45) is 0. The number of ketones is 1. The van der Waals surface area contributed by atoms with Gasteiger partial charge >= 0.3 is 0 Å². The molecule has 1 aromatic heterocycles. The van der Waals surface area contributed by atoms with Gasteiger partial charge in [0, 0.05) is 6.54 Å². The van der Waals surface area contributed by atoms with E-state index in [1.807, 2.05) is 0 Å². The monoisotopic (exact) mass is 389 g/mol. The second kappa shape index (κ2) is 8.34. The lowest BCUT2D eigenvalue weighted by atomic mass is 9.95. The molecule has 0 aliphatic carbocycles. The van der Waals surface area contributed by atoms with Gasteiger partial charge < -0.3 is 25.0 Å². The first-order chi connectivity index (χ1) is 13.0. The molecule has 1 atom stereocenters. The van der Waals surface area contributed by atoms with Crippen LogP contribution in [0.25, 0.3) is 0 Å². The minimum atomic E-state index is -0.836. The minimum absolute atomic E-state index is 0.00857. The molecule has 0 spiro atoms. The van der Waals surface area contributed by atoms with Crippen LogP contribution in [0.2, 0.25) is 0 Å². The Labute approximate surface area is 159 Å². The van der Waals surface area contributed by atoms with Crippen molar-refractivity contribution in [3.8, 4) is 5.75 Å². The average Bonchev–Trinajstić information content (AvgIpc) is 3.27. The summed E-state index contributed by atoms with van der Waals surface area (Å²) < 4.78 is 5.23. The fourth-order valence-corrected chi connectivity index (χ4v) is 3.71. The van der Waals surface area contributed by atoms with E-state index in [9.17, 15) is 19.8 Å². The van der Waals surface area contributed by atoms with Crippen molar-refractivity contribution in [2.75, 3.05) is 26.4 Å². The number of phenolic OH excluding ortho intramolecular Hbond substituents is 1. The second-order valence-electron chi connectivity index (χ2n) is 5.90. The van der Waals surface area contributed by atoms with Crippen LogP contribution in [0, 0.1) is 0 Å². The number of aliphatic hydroxyl groups is 2. The van der Waals surface area contributed by atoms with Crippen LogP contribution in [-0.4, -0.2) is 58.3 Å². The number of carbonyl (C=O) groups excluding carboxylic acids is 2. The number of thiophene rings is 1. The summed E-state index contributed by atoms with van der Waals surface area (Å²) in [5.41, 5.74) is 0.490. The highest BCUT2D eigenvalue weighted by atomic mass is 32.1. The van der Waals surface area contributed by atoms with Gasteiger partial charge in [0.1, 0.15) is 5.75 Å². The van der Waals surface area contributed by atoms with Crippen molar-refractivity contribution in [2.45, 2.75) is 6.04 Å². The molecule has 1 aromatic carbocycles. The Morgan fingerprint density at radius 2 is 2.00 bits per heavy atom. The number of nitrogens with zero attached hydrogens (tertiary/aromatic N) is 1. The summed E-state index contributed by atoms with van der Waals surface area (Å²) in [7, 11) is 0. The van der Waals surface area contributed by atoms with Crippen molar-refractivity contribution in [1.29, 1.82) is 0 Å². The second-order valence-corrected chi connectivity index (χ2v) is 6.85. The molecule has 3 N–H and O–H groups in total. The molecular formula is C19H19NO6S. The lowest BCUT2D eigenvalue weighted by Gasteiger charge is -2.26. The van der Waals surface area contributed by atoms with Gasteiger partial charge in [-0.05, 0) is 29.1 Å². The zero-order valence-electron chi connectivity index (χ0n) is 14.4. The predicted molar refractivity (Wildman–Crippen MR) is 98.8 cm³/mol. The van der Waals surface area contributed by atoms with E-state index in [4.69, 9.17) is 9.84 Å². The molecule has 7 nitrogen and oxygen atoms in total. The zero-order valence-corrected chi connectivity index (χ0v) is 15.2. The summed E-state index contributed by atoms with van der Waals surface area (Å²) in [5, 5.41) is 30.8. The first kappa shape index (κ1) is 19.1. The number of aliphatic hydroxyl groups excluding tert-OH is 2. The maximum atomic E-state index is 12.9. The molecule has 1 amide bonds. The summed E-state index contributed by atoms with van der Waals surface area (Å²) in [5.74, 6) is -1.70. The van der Waals surface area contributed by atoms with Crippen LogP contribution in [0.1, 0.15) is 21.3 Å². The molecule has 2 heterocycles. The number of carbonyl (C=O) groups is 2. The number of aromatic hydroxyl groups is 1. The number of Topliss-reactive ketones (excluding diaryl/α,β-unsaturated/α-hetero) is 1. The van der Waals surface area contributed by atoms with Crippen molar-refractivity contribution in [3.05, 3.63) is 63.6 Å². The van der Waals surface area contributed by atoms with Gasteiger partial charge in [0.25, 0.3) is 5.91 Å². The quantitative estimate of drug-likeness (QED) is 0.471. The number of rotatable bonds is 8. The Bertz CT molecular complexity index is 861. The number of hydrogen-bond acceptors (Lipinski definition) is 7.